The summed E-state index contributed by atoms with van der Waals surface area (Å²) in [4.78, 5) is 13.7. The van der Waals surface area contributed by atoms with E-state index in [0.717, 1.165) is 25.1 Å². The standard InChI is InChI=1S/C14H19N3OS/c15-13(11-5-2-1-3-6-11)7-4-8-16-9-12-10-19-14(18)17-12/h1-3,5-6,10,13,16H,4,7-9,15H2,(H,17,18). The lowest BCUT2D eigenvalue weighted by atomic mass is 10.0. The van der Waals surface area contributed by atoms with Gasteiger partial charge >= 0.3 is 4.87 Å². The fourth-order valence-electron chi connectivity index (χ4n) is 1.94. The van der Waals surface area contributed by atoms with Crippen molar-refractivity contribution >= 4 is 11.3 Å². The number of aromatic amines is 1. The molecule has 102 valence electrons. The molecule has 0 spiro atoms. The van der Waals surface area contributed by atoms with Crippen LogP contribution in [-0.2, 0) is 6.54 Å². The highest BCUT2D eigenvalue weighted by atomic mass is 32.1. The highest BCUT2D eigenvalue weighted by Gasteiger charge is 2.04. The number of nitrogens with two attached hydrogens (primary N) is 1. The number of H-pyrrole nitrogens is 1. The zero-order valence-electron chi connectivity index (χ0n) is 10.8. The highest BCUT2D eigenvalue weighted by Crippen LogP contribution is 2.14. The first kappa shape index (κ1) is 14.0. The van der Waals surface area contributed by atoms with Gasteiger partial charge in [-0.1, -0.05) is 41.7 Å². The predicted molar refractivity (Wildman–Crippen MR) is 79.3 cm³/mol. The van der Waals surface area contributed by atoms with E-state index in [9.17, 15) is 4.79 Å². The minimum absolute atomic E-state index is 0.00269. The molecule has 4 N–H and O–H groups in total. The highest BCUT2D eigenvalue weighted by molar-refractivity contribution is 7.07. The average molecular weight is 277 g/mol. The van der Waals surface area contributed by atoms with Crippen LogP contribution in [0.15, 0.2) is 40.5 Å². The minimum atomic E-state index is 0.00269. The van der Waals surface area contributed by atoms with Gasteiger partial charge in [0.2, 0.25) is 0 Å². The molecule has 1 heterocycles. The van der Waals surface area contributed by atoms with Crippen LogP contribution in [0.1, 0.15) is 30.1 Å². The van der Waals surface area contributed by atoms with Gasteiger partial charge in [-0.25, -0.2) is 0 Å². The van der Waals surface area contributed by atoms with Gasteiger partial charge in [-0.3, -0.25) is 4.79 Å². The van der Waals surface area contributed by atoms with Crippen molar-refractivity contribution in [1.29, 1.82) is 0 Å². The second kappa shape index (κ2) is 7.23. The number of rotatable bonds is 7. The zero-order valence-corrected chi connectivity index (χ0v) is 11.6. The number of aromatic nitrogens is 1. The molecule has 4 nitrogen and oxygen atoms in total. The van der Waals surface area contributed by atoms with Crippen molar-refractivity contribution < 1.29 is 0 Å². The van der Waals surface area contributed by atoms with E-state index in [4.69, 9.17) is 5.73 Å². The Bertz CT molecular complexity index is 535. The molecule has 0 saturated heterocycles. The van der Waals surface area contributed by atoms with Gasteiger partial charge in [-0.05, 0) is 24.9 Å². The van der Waals surface area contributed by atoms with Crippen LogP contribution < -0.4 is 15.9 Å². The predicted octanol–water partition coefficient (Wildman–Crippen LogP) is 2.01. The third-order valence-electron chi connectivity index (χ3n) is 2.98. The molecule has 0 aliphatic rings. The molecule has 19 heavy (non-hydrogen) atoms. The first-order valence-corrected chi connectivity index (χ1v) is 7.31. The number of hydrogen-bond acceptors (Lipinski definition) is 4. The normalized spacial score (nSPS) is 12.5. The Balaban J connectivity index is 1.63. The van der Waals surface area contributed by atoms with E-state index in [-0.39, 0.29) is 10.9 Å². The van der Waals surface area contributed by atoms with E-state index in [1.165, 1.54) is 16.9 Å². The van der Waals surface area contributed by atoms with Crippen molar-refractivity contribution in [3.05, 3.63) is 56.6 Å². The molecule has 2 rings (SSSR count). The molecule has 0 bridgehead atoms. The van der Waals surface area contributed by atoms with Gasteiger partial charge in [-0.15, -0.1) is 0 Å². The summed E-state index contributed by atoms with van der Waals surface area (Å²) >= 11 is 1.20. The van der Waals surface area contributed by atoms with Crippen molar-refractivity contribution in [3.8, 4) is 0 Å². The van der Waals surface area contributed by atoms with Crippen LogP contribution in [0.5, 0.6) is 0 Å². The largest absolute Gasteiger partial charge is 0.324 e. The van der Waals surface area contributed by atoms with Gasteiger partial charge in [0.25, 0.3) is 0 Å². The topological polar surface area (TPSA) is 70.9 Å². The summed E-state index contributed by atoms with van der Waals surface area (Å²) in [5.41, 5.74) is 8.25. The first-order valence-electron chi connectivity index (χ1n) is 6.43. The molecule has 0 aliphatic heterocycles. The Morgan fingerprint density at radius 3 is 2.79 bits per heavy atom. The lowest BCUT2D eigenvalue weighted by Crippen LogP contribution is -2.18. The first-order chi connectivity index (χ1) is 9.25. The van der Waals surface area contributed by atoms with Gasteiger partial charge in [0.15, 0.2) is 0 Å². The minimum Gasteiger partial charge on any atom is -0.324 e. The van der Waals surface area contributed by atoms with Gasteiger partial charge in [0, 0.05) is 23.7 Å². The quantitative estimate of drug-likeness (QED) is 0.678. The third kappa shape index (κ3) is 4.63. The van der Waals surface area contributed by atoms with Crippen molar-refractivity contribution in [3.63, 3.8) is 0 Å². The fourth-order valence-corrected chi connectivity index (χ4v) is 2.52. The summed E-state index contributed by atoms with van der Waals surface area (Å²) in [5.74, 6) is 0. The molecule has 5 heteroatoms. The van der Waals surface area contributed by atoms with E-state index in [1.54, 1.807) is 0 Å². The molecule has 0 amide bonds. The van der Waals surface area contributed by atoms with E-state index < -0.39 is 0 Å². The molecular formula is C14H19N3OS. The molecule has 2 aromatic rings. The molecule has 1 aromatic carbocycles. The Morgan fingerprint density at radius 1 is 1.32 bits per heavy atom. The maximum Gasteiger partial charge on any atom is 0.304 e. The maximum absolute atomic E-state index is 10.9. The van der Waals surface area contributed by atoms with Crippen LogP contribution in [0.4, 0.5) is 0 Å². The van der Waals surface area contributed by atoms with Crippen molar-refractivity contribution in [2.24, 2.45) is 5.73 Å². The van der Waals surface area contributed by atoms with Crippen LogP contribution in [0.25, 0.3) is 0 Å². The molecule has 0 saturated carbocycles. The van der Waals surface area contributed by atoms with E-state index in [1.807, 2.05) is 23.6 Å². The van der Waals surface area contributed by atoms with Crippen molar-refractivity contribution in [2.75, 3.05) is 6.54 Å². The average Bonchev–Trinajstić information content (AvgIpc) is 2.85. The fraction of sp³-hybridized carbons (Fsp3) is 0.357. The van der Waals surface area contributed by atoms with Crippen LogP contribution in [0.2, 0.25) is 0 Å². The second-order valence-corrected chi connectivity index (χ2v) is 5.35. The summed E-state index contributed by atoms with van der Waals surface area (Å²) in [6, 6.07) is 10.3. The third-order valence-corrected chi connectivity index (χ3v) is 3.70. The monoisotopic (exact) mass is 277 g/mol. The van der Waals surface area contributed by atoms with Crippen molar-refractivity contribution in [2.45, 2.75) is 25.4 Å². The van der Waals surface area contributed by atoms with Crippen LogP contribution in [0, 0.1) is 0 Å². The Morgan fingerprint density at radius 2 is 2.11 bits per heavy atom. The molecule has 1 aromatic heterocycles. The maximum atomic E-state index is 10.9. The number of thiazole rings is 1. The van der Waals surface area contributed by atoms with Gasteiger partial charge in [0.1, 0.15) is 0 Å². The van der Waals surface area contributed by atoms with E-state index in [0.29, 0.717) is 6.54 Å². The van der Waals surface area contributed by atoms with Gasteiger partial charge < -0.3 is 16.0 Å². The molecule has 1 atom stereocenters. The zero-order chi connectivity index (χ0) is 13.5. The van der Waals surface area contributed by atoms with Crippen LogP contribution in [0.3, 0.4) is 0 Å². The van der Waals surface area contributed by atoms with Gasteiger partial charge in [-0.2, -0.15) is 0 Å². The SMILES string of the molecule is NC(CCCNCc1csc(=O)[nH]1)c1ccccc1. The number of benzene rings is 1. The molecule has 0 aliphatic carbocycles. The van der Waals surface area contributed by atoms with Crippen molar-refractivity contribution in [1.82, 2.24) is 10.3 Å². The Hall–Kier alpha value is -1.43. The van der Waals surface area contributed by atoms with Crippen LogP contribution >= 0.6 is 11.3 Å². The van der Waals surface area contributed by atoms with Gasteiger partial charge in [0.05, 0.1) is 0 Å². The summed E-state index contributed by atoms with van der Waals surface area (Å²) in [7, 11) is 0. The smallest absolute Gasteiger partial charge is 0.304 e. The summed E-state index contributed by atoms with van der Waals surface area (Å²) in [5, 5.41) is 5.16. The number of hydrogen-bond donors (Lipinski definition) is 3. The molecule has 1 unspecified atom stereocenters. The number of nitrogens with one attached hydrogen (secondary N) is 2. The lowest BCUT2D eigenvalue weighted by molar-refractivity contribution is 0.564. The summed E-state index contributed by atoms with van der Waals surface area (Å²) in [6.45, 7) is 1.61. The Kier molecular flexibility index (Phi) is 5.32. The van der Waals surface area contributed by atoms with E-state index in [2.05, 4.69) is 22.4 Å². The lowest BCUT2D eigenvalue weighted by Gasteiger charge is -2.11. The molecular weight excluding hydrogens is 258 g/mol. The molecule has 0 radical (unpaired) electrons. The summed E-state index contributed by atoms with van der Waals surface area (Å²) < 4.78 is 0. The molecule has 0 fully saturated rings. The van der Waals surface area contributed by atoms with Crippen LogP contribution in [-0.4, -0.2) is 11.5 Å². The summed E-state index contributed by atoms with van der Waals surface area (Å²) in [6.07, 6.45) is 1.97. The second-order valence-electron chi connectivity index (χ2n) is 4.51. The Labute approximate surface area is 116 Å². The van der Waals surface area contributed by atoms with E-state index >= 15 is 0 Å².